The fourth-order valence-electron chi connectivity index (χ4n) is 1.96. The summed E-state index contributed by atoms with van der Waals surface area (Å²) in [7, 11) is 0. The maximum atomic E-state index is 10.7. The summed E-state index contributed by atoms with van der Waals surface area (Å²) in [6.45, 7) is 0. The van der Waals surface area contributed by atoms with Crippen LogP contribution in [0.5, 0.6) is 0 Å². The Balaban J connectivity index is 2.05. The number of nitrogens with zero attached hydrogens (tertiary/aromatic N) is 2. The minimum atomic E-state index is -0.826. The largest absolute Gasteiger partial charge is 0.481 e. The molecule has 1 N–H and O–H groups in total. The van der Waals surface area contributed by atoms with E-state index in [1.807, 2.05) is 18.2 Å². The number of thioether (sulfide) groups is 1. The number of carboxylic acid groups (broad SMARTS) is 1. The third-order valence-corrected chi connectivity index (χ3v) is 4.03. The van der Waals surface area contributed by atoms with E-state index in [-0.39, 0.29) is 5.75 Å². The quantitative estimate of drug-likeness (QED) is 0.875. The number of carbonyl (C=O) groups is 1. The van der Waals surface area contributed by atoms with Gasteiger partial charge in [0.1, 0.15) is 0 Å². The van der Waals surface area contributed by atoms with Gasteiger partial charge in [-0.1, -0.05) is 23.4 Å². The maximum absolute atomic E-state index is 10.7. The standard InChI is InChI=1S/C12H11ClN2O2S/c13-7-1-4-10-9(5-7)14-12(18-6-11(16)17)15(10)8-2-3-8/h1,4-5,8H,2-3,6H2,(H,16,17). The van der Waals surface area contributed by atoms with E-state index in [1.54, 1.807) is 0 Å². The molecule has 2 aromatic rings. The first-order valence-electron chi connectivity index (χ1n) is 5.67. The van der Waals surface area contributed by atoms with Crippen molar-refractivity contribution in [3.63, 3.8) is 0 Å². The smallest absolute Gasteiger partial charge is 0.313 e. The van der Waals surface area contributed by atoms with E-state index < -0.39 is 5.97 Å². The average molecular weight is 283 g/mol. The minimum absolute atomic E-state index is 0.0315. The van der Waals surface area contributed by atoms with E-state index in [9.17, 15) is 4.79 Å². The fraction of sp³-hybridized carbons (Fsp3) is 0.333. The van der Waals surface area contributed by atoms with Gasteiger partial charge in [-0.15, -0.1) is 0 Å². The van der Waals surface area contributed by atoms with Crippen LogP contribution in [-0.4, -0.2) is 26.4 Å². The van der Waals surface area contributed by atoms with Crippen molar-refractivity contribution in [3.05, 3.63) is 23.2 Å². The molecular formula is C12H11ClN2O2S. The molecule has 0 unspecified atom stereocenters. The molecule has 1 heterocycles. The first kappa shape index (κ1) is 11.9. The van der Waals surface area contributed by atoms with E-state index in [1.165, 1.54) is 11.8 Å². The van der Waals surface area contributed by atoms with Crippen LogP contribution in [0.3, 0.4) is 0 Å². The van der Waals surface area contributed by atoms with E-state index in [4.69, 9.17) is 16.7 Å². The van der Waals surface area contributed by atoms with Gasteiger partial charge in [0.15, 0.2) is 5.16 Å². The second kappa shape index (κ2) is 4.48. The molecule has 6 heteroatoms. The maximum Gasteiger partial charge on any atom is 0.313 e. The molecule has 1 aromatic carbocycles. The summed E-state index contributed by atoms with van der Waals surface area (Å²) in [5.41, 5.74) is 1.87. The Labute approximate surface area is 113 Å². The van der Waals surface area contributed by atoms with E-state index >= 15 is 0 Å². The highest BCUT2D eigenvalue weighted by molar-refractivity contribution is 7.99. The third kappa shape index (κ3) is 2.20. The Morgan fingerprint density at radius 1 is 1.56 bits per heavy atom. The zero-order valence-corrected chi connectivity index (χ0v) is 11.0. The molecule has 0 saturated heterocycles. The van der Waals surface area contributed by atoms with Crippen molar-refractivity contribution in [1.82, 2.24) is 9.55 Å². The lowest BCUT2D eigenvalue weighted by molar-refractivity contribution is -0.133. The number of hydrogen-bond donors (Lipinski definition) is 1. The second-order valence-corrected chi connectivity index (χ2v) is 5.69. The summed E-state index contributed by atoms with van der Waals surface area (Å²) >= 11 is 7.22. The van der Waals surface area contributed by atoms with Crippen molar-refractivity contribution in [2.75, 3.05) is 5.75 Å². The van der Waals surface area contributed by atoms with Crippen LogP contribution in [0.25, 0.3) is 11.0 Å². The lowest BCUT2D eigenvalue weighted by Crippen LogP contribution is -2.01. The van der Waals surface area contributed by atoms with Crippen molar-refractivity contribution in [1.29, 1.82) is 0 Å². The van der Waals surface area contributed by atoms with E-state index in [2.05, 4.69) is 9.55 Å². The van der Waals surface area contributed by atoms with E-state index in [0.717, 1.165) is 29.0 Å². The number of imidazole rings is 1. The number of fused-ring (bicyclic) bond motifs is 1. The molecule has 0 radical (unpaired) electrons. The predicted octanol–water partition coefficient (Wildman–Crippen LogP) is 3.20. The molecule has 18 heavy (non-hydrogen) atoms. The Morgan fingerprint density at radius 2 is 2.33 bits per heavy atom. The van der Waals surface area contributed by atoms with Crippen molar-refractivity contribution >= 4 is 40.4 Å². The van der Waals surface area contributed by atoms with Crippen LogP contribution in [0, 0.1) is 0 Å². The number of rotatable bonds is 4. The summed E-state index contributed by atoms with van der Waals surface area (Å²) < 4.78 is 2.14. The van der Waals surface area contributed by atoms with Gasteiger partial charge in [0, 0.05) is 11.1 Å². The van der Waals surface area contributed by atoms with Crippen molar-refractivity contribution in [3.8, 4) is 0 Å². The molecule has 1 aliphatic rings. The lowest BCUT2D eigenvalue weighted by Gasteiger charge is -2.05. The van der Waals surface area contributed by atoms with Crippen LogP contribution in [0.4, 0.5) is 0 Å². The normalized spacial score (nSPS) is 15.2. The van der Waals surface area contributed by atoms with Gasteiger partial charge in [-0.3, -0.25) is 4.79 Å². The summed E-state index contributed by atoms with van der Waals surface area (Å²) in [4.78, 5) is 15.1. The third-order valence-electron chi connectivity index (χ3n) is 2.86. The van der Waals surface area contributed by atoms with Crippen molar-refractivity contribution in [2.24, 2.45) is 0 Å². The summed E-state index contributed by atoms with van der Waals surface area (Å²) in [5.74, 6) is -0.795. The van der Waals surface area contributed by atoms with Gasteiger partial charge in [0.05, 0.1) is 16.8 Å². The van der Waals surface area contributed by atoms with Gasteiger partial charge in [-0.05, 0) is 31.0 Å². The molecule has 4 nitrogen and oxygen atoms in total. The molecule has 0 bridgehead atoms. The number of halogens is 1. The van der Waals surface area contributed by atoms with Gasteiger partial charge in [0.25, 0.3) is 0 Å². The molecule has 94 valence electrons. The molecular weight excluding hydrogens is 272 g/mol. The number of hydrogen-bond acceptors (Lipinski definition) is 3. The average Bonchev–Trinajstić information content (AvgIpc) is 3.08. The SMILES string of the molecule is O=C(O)CSc1nc2cc(Cl)ccc2n1C1CC1. The highest BCUT2D eigenvalue weighted by atomic mass is 35.5. The van der Waals surface area contributed by atoms with Crippen LogP contribution >= 0.6 is 23.4 Å². The van der Waals surface area contributed by atoms with Gasteiger partial charge in [0.2, 0.25) is 0 Å². The lowest BCUT2D eigenvalue weighted by atomic mass is 10.3. The first-order valence-corrected chi connectivity index (χ1v) is 7.03. The fourth-order valence-corrected chi connectivity index (χ4v) is 2.93. The summed E-state index contributed by atoms with van der Waals surface area (Å²) in [6, 6.07) is 6.08. The van der Waals surface area contributed by atoms with Crippen LogP contribution < -0.4 is 0 Å². The number of benzene rings is 1. The molecule has 0 atom stereocenters. The Kier molecular flexibility index (Phi) is 2.95. The molecule has 0 aliphatic heterocycles. The first-order chi connectivity index (χ1) is 8.65. The molecule has 1 saturated carbocycles. The molecule has 0 spiro atoms. The summed E-state index contributed by atoms with van der Waals surface area (Å²) in [5, 5.41) is 10.2. The van der Waals surface area contributed by atoms with Crippen LogP contribution in [0.1, 0.15) is 18.9 Å². The number of carboxylic acids is 1. The zero-order chi connectivity index (χ0) is 12.7. The Hall–Kier alpha value is -1.20. The van der Waals surface area contributed by atoms with Gasteiger partial charge in [-0.2, -0.15) is 0 Å². The summed E-state index contributed by atoms with van der Waals surface area (Å²) in [6.07, 6.45) is 2.27. The zero-order valence-electron chi connectivity index (χ0n) is 9.47. The van der Waals surface area contributed by atoms with Crippen LogP contribution in [0.2, 0.25) is 5.02 Å². The second-order valence-electron chi connectivity index (χ2n) is 4.31. The molecule has 0 amide bonds. The highest BCUT2D eigenvalue weighted by Gasteiger charge is 2.28. The molecule has 1 aromatic heterocycles. The van der Waals surface area contributed by atoms with Gasteiger partial charge >= 0.3 is 5.97 Å². The number of aliphatic carboxylic acids is 1. The minimum Gasteiger partial charge on any atom is -0.481 e. The van der Waals surface area contributed by atoms with Crippen molar-refractivity contribution < 1.29 is 9.90 Å². The Morgan fingerprint density at radius 3 is 3.00 bits per heavy atom. The molecule has 1 fully saturated rings. The number of aromatic nitrogens is 2. The van der Waals surface area contributed by atoms with Crippen LogP contribution in [-0.2, 0) is 4.79 Å². The molecule has 3 rings (SSSR count). The van der Waals surface area contributed by atoms with Crippen LogP contribution in [0.15, 0.2) is 23.4 Å². The topological polar surface area (TPSA) is 55.1 Å². The predicted molar refractivity (Wildman–Crippen MR) is 71.4 cm³/mol. The van der Waals surface area contributed by atoms with E-state index in [0.29, 0.717) is 11.1 Å². The van der Waals surface area contributed by atoms with Gasteiger partial charge < -0.3 is 9.67 Å². The Bertz CT molecular complexity index is 622. The highest BCUT2D eigenvalue weighted by Crippen LogP contribution is 2.41. The van der Waals surface area contributed by atoms with Crippen molar-refractivity contribution in [2.45, 2.75) is 24.0 Å². The van der Waals surface area contributed by atoms with Gasteiger partial charge in [-0.25, -0.2) is 4.98 Å². The monoisotopic (exact) mass is 282 g/mol. The molecule has 1 aliphatic carbocycles.